The van der Waals surface area contributed by atoms with Crippen LogP contribution in [0.1, 0.15) is 12.8 Å². The third-order valence-electron chi connectivity index (χ3n) is 1.18. The van der Waals surface area contributed by atoms with E-state index in [0.29, 0.717) is 6.42 Å². The minimum absolute atomic E-state index is 0. The van der Waals surface area contributed by atoms with E-state index in [1.165, 1.54) is 0 Å². The summed E-state index contributed by atoms with van der Waals surface area (Å²) in [6.45, 7) is 0. The van der Waals surface area contributed by atoms with Crippen molar-refractivity contribution in [3.05, 3.63) is 0 Å². The minimum Gasteiger partial charge on any atom is -0.392 e. The summed E-state index contributed by atoms with van der Waals surface area (Å²) in [5.74, 6) is -1.08. The maximum atomic E-state index is 10.4. The average molecular weight is 166 g/mol. The van der Waals surface area contributed by atoms with Gasteiger partial charge in [0.15, 0.2) is 0 Å². The molecule has 58 valence electrons. The molecule has 0 aliphatic carbocycles. The van der Waals surface area contributed by atoms with Crippen LogP contribution in [0.3, 0.4) is 0 Å². The summed E-state index contributed by atoms with van der Waals surface area (Å²) in [7, 11) is 0. The number of cyclic esters (lactones) is 2. The SMILES string of the molecule is Cl.N[C@H]1CCC(=O)OC1=O. The molecule has 0 bridgehead atoms. The molecule has 0 unspecified atom stereocenters. The second kappa shape index (κ2) is 3.53. The number of carbonyl (C=O) groups is 2. The lowest BCUT2D eigenvalue weighted by Crippen LogP contribution is -2.38. The van der Waals surface area contributed by atoms with Crippen LogP contribution in [-0.2, 0) is 14.3 Å². The zero-order valence-electron chi connectivity index (χ0n) is 5.20. The topological polar surface area (TPSA) is 69.4 Å². The first-order valence-corrected chi connectivity index (χ1v) is 2.70. The van der Waals surface area contributed by atoms with Crippen molar-refractivity contribution in [2.24, 2.45) is 5.73 Å². The molecule has 0 radical (unpaired) electrons. The highest BCUT2D eigenvalue weighted by molar-refractivity contribution is 5.91. The molecule has 2 N–H and O–H groups in total. The van der Waals surface area contributed by atoms with Gasteiger partial charge < -0.3 is 10.5 Å². The highest BCUT2D eigenvalue weighted by Crippen LogP contribution is 2.05. The fourth-order valence-corrected chi connectivity index (χ4v) is 0.630. The second-order valence-corrected chi connectivity index (χ2v) is 1.94. The van der Waals surface area contributed by atoms with E-state index in [0.717, 1.165) is 0 Å². The standard InChI is InChI=1S/C5H7NO3.ClH/c6-3-1-2-4(7)9-5(3)8;/h3H,1-2,6H2;1H/t3-;/m0./s1. The Kier molecular flexibility index (Phi) is 3.32. The van der Waals surface area contributed by atoms with Gasteiger partial charge in [-0.25, -0.2) is 4.79 Å². The van der Waals surface area contributed by atoms with Crippen molar-refractivity contribution in [2.45, 2.75) is 18.9 Å². The van der Waals surface area contributed by atoms with E-state index < -0.39 is 18.0 Å². The molecular formula is C5H8ClNO3. The van der Waals surface area contributed by atoms with E-state index in [9.17, 15) is 9.59 Å². The molecule has 0 spiro atoms. The first-order chi connectivity index (χ1) is 4.20. The third kappa shape index (κ3) is 1.97. The van der Waals surface area contributed by atoms with Gasteiger partial charge in [0.25, 0.3) is 0 Å². The predicted molar refractivity (Wildman–Crippen MR) is 35.6 cm³/mol. The van der Waals surface area contributed by atoms with Crippen molar-refractivity contribution in [1.82, 2.24) is 0 Å². The molecule has 1 aliphatic heterocycles. The average Bonchev–Trinajstić information content (AvgIpc) is 1.80. The van der Waals surface area contributed by atoms with Crippen LogP contribution < -0.4 is 5.73 Å². The van der Waals surface area contributed by atoms with Gasteiger partial charge in [0.2, 0.25) is 0 Å². The fraction of sp³-hybridized carbons (Fsp3) is 0.600. The van der Waals surface area contributed by atoms with Crippen LogP contribution in [-0.4, -0.2) is 18.0 Å². The summed E-state index contributed by atoms with van der Waals surface area (Å²) in [6.07, 6.45) is 0.671. The van der Waals surface area contributed by atoms with E-state index >= 15 is 0 Å². The molecule has 1 fully saturated rings. The Morgan fingerprint density at radius 1 is 1.50 bits per heavy atom. The number of ether oxygens (including phenoxy) is 1. The quantitative estimate of drug-likeness (QED) is 0.392. The molecule has 0 aromatic rings. The van der Waals surface area contributed by atoms with Crippen LogP contribution in [0.4, 0.5) is 0 Å². The molecule has 5 heteroatoms. The summed E-state index contributed by atoms with van der Waals surface area (Å²) in [5, 5.41) is 0. The normalized spacial score (nSPS) is 25.1. The summed E-state index contributed by atoms with van der Waals surface area (Å²) in [4.78, 5) is 20.8. The fourth-order valence-electron chi connectivity index (χ4n) is 0.630. The number of carbonyl (C=O) groups excluding carboxylic acids is 2. The highest BCUT2D eigenvalue weighted by Gasteiger charge is 2.24. The van der Waals surface area contributed by atoms with Gasteiger partial charge in [-0.2, -0.15) is 0 Å². The summed E-state index contributed by atoms with van der Waals surface area (Å²) >= 11 is 0. The zero-order chi connectivity index (χ0) is 6.85. The number of nitrogens with two attached hydrogens (primary N) is 1. The maximum absolute atomic E-state index is 10.4. The maximum Gasteiger partial charge on any atom is 0.330 e. The number of rotatable bonds is 0. The largest absolute Gasteiger partial charge is 0.392 e. The van der Waals surface area contributed by atoms with Crippen molar-refractivity contribution in [2.75, 3.05) is 0 Å². The van der Waals surface area contributed by atoms with E-state index in [-0.39, 0.29) is 18.8 Å². The summed E-state index contributed by atoms with van der Waals surface area (Å²) < 4.78 is 4.20. The van der Waals surface area contributed by atoms with Crippen molar-refractivity contribution >= 4 is 24.3 Å². The van der Waals surface area contributed by atoms with Gasteiger partial charge in [0.05, 0.1) is 0 Å². The van der Waals surface area contributed by atoms with Crippen LogP contribution in [0.15, 0.2) is 0 Å². The van der Waals surface area contributed by atoms with E-state index in [4.69, 9.17) is 5.73 Å². The Bertz CT molecular complexity index is 159. The number of halogens is 1. The van der Waals surface area contributed by atoms with Gasteiger partial charge in [-0.05, 0) is 6.42 Å². The van der Waals surface area contributed by atoms with Crippen molar-refractivity contribution in [3.8, 4) is 0 Å². The lowest BCUT2D eigenvalue weighted by molar-refractivity contribution is -0.164. The second-order valence-electron chi connectivity index (χ2n) is 1.94. The van der Waals surface area contributed by atoms with Crippen LogP contribution in [0.25, 0.3) is 0 Å². The monoisotopic (exact) mass is 165 g/mol. The third-order valence-corrected chi connectivity index (χ3v) is 1.18. The van der Waals surface area contributed by atoms with E-state index in [1.807, 2.05) is 0 Å². The van der Waals surface area contributed by atoms with Crippen LogP contribution in [0.5, 0.6) is 0 Å². The number of esters is 2. The zero-order valence-corrected chi connectivity index (χ0v) is 6.02. The Morgan fingerprint density at radius 3 is 2.50 bits per heavy atom. The van der Waals surface area contributed by atoms with Crippen molar-refractivity contribution < 1.29 is 14.3 Å². The Balaban J connectivity index is 0.000000810. The predicted octanol–water partition coefficient (Wildman–Crippen LogP) is -0.401. The van der Waals surface area contributed by atoms with Gasteiger partial charge in [0, 0.05) is 6.42 Å². The molecular weight excluding hydrogens is 158 g/mol. The first kappa shape index (κ1) is 9.39. The van der Waals surface area contributed by atoms with Gasteiger partial charge in [-0.3, -0.25) is 4.79 Å². The van der Waals surface area contributed by atoms with Crippen molar-refractivity contribution in [3.63, 3.8) is 0 Å². The lowest BCUT2D eigenvalue weighted by atomic mass is 10.1. The molecule has 0 amide bonds. The summed E-state index contributed by atoms with van der Waals surface area (Å²) in [6, 6.07) is -0.595. The Hall–Kier alpha value is -0.610. The molecule has 1 saturated heterocycles. The molecule has 4 nitrogen and oxygen atoms in total. The minimum atomic E-state index is -0.605. The molecule has 0 saturated carbocycles. The van der Waals surface area contributed by atoms with Gasteiger partial charge in [-0.1, -0.05) is 0 Å². The molecule has 1 aliphatic rings. The van der Waals surface area contributed by atoms with Crippen molar-refractivity contribution in [1.29, 1.82) is 0 Å². The molecule has 1 atom stereocenters. The van der Waals surface area contributed by atoms with E-state index in [1.54, 1.807) is 0 Å². The molecule has 1 heterocycles. The Morgan fingerprint density at radius 2 is 2.10 bits per heavy atom. The van der Waals surface area contributed by atoms with Gasteiger partial charge in [-0.15, -0.1) is 12.4 Å². The Labute approximate surface area is 64.1 Å². The molecule has 1 rings (SSSR count). The van der Waals surface area contributed by atoms with Crippen LogP contribution in [0, 0.1) is 0 Å². The van der Waals surface area contributed by atoms with Gasteiger partial charge >= 0.3 is 11.9 Å². The lowest BCUT2D eigenvalue weighted by Gasteiger charge is -2.14. The molecule has 0 aromatic carbocycles. The number of hydrogen-bond donors (Lipinski definition) is 1. The van der Waals surface area contributed by atoms with E-state index in [2.05, 4.69) is 4.74 Å². The first-order valence-electron chi connectivity index (χ1n) is 2.70. The van der Waals surface area contributed by atoms with Gasteiger partial charge in [0.1, 0.15) is 6.04 Å². The molecule has 10 heavy (non-hydrogen) atoms. The molecule has 0 aromatic heterocycles. The van der Waals surface area contributed by atoms with Crippen LogP contribution in [0.2, 0.25) is 0 Å². The van der Waals surface area contributed by atoms with Crippen LogP contribution >= 0.6 is 12.4 Å². The summed E-state index contributed by atoms with van der Waals surface area (Å²) in [5.41, 5.74) is 5.21. The highest BCUT2D eigenvalue weighted by atomic mass is 35.5. The smallest absolute Gasteiger partial charge is 0.330 e. The number of hydrogen-bond acceptors (Lipinski definition) is 4.